The summed E-state index contributed by atoms with van der Waals surface area (Å²) in [5.41, 5.74) is 3.79. The second kappa shape index (κ2) is 8.84. The summed E-state index contributed by atoms with van der Waals surface area (Å²) >= 11 is 0. The largest absolute Gasteiger partial charge is 0.482 e. The van der Waals surface area contributed by atoms with Crippen molar-refractivity contribution in [1.82, 2.24) is 5.43 Å². The van der Waals surface area contributed by atoms with E-state index in [1.54, 1.807) is 48.5 Å². The molecule has 2 rings (SSSR count). The van der Waals surface area contributed by atoms with Gasteiger partial charge in [0.15, 0.2) is 6.61 Å². The number of amides is 1. The Hall–Kier alpha value is -3.66. The first-order chi connectivity index (χ1) is 12.1. The fourth-order valence-corrected chi connectivity index (χ4v) is 1.86. The molecule has 1 N–H and O–H groups in total. The van der Waals surface area contributed by atoms with Gasteiger partial charge < -0.3 is 9.47 Å². The number of para-hydroxylation sites is 1. The lowest BCUT2D eigenvalue weighted by Crippen LogP contribution is -2.24. The van der Waals surface area contributed by atoms with E-state index in [-0.39, 0.29) is 6.61 Å². The molecule has 126 valence electrons. The molecule has 25 heavy (non-hydrogen) atoms. The van der Waals surface area contributed by atoms with Crippen LogP contribution in [0.2, 0.25) is 0 Å². The van der Waals surface area contributed by atoms with Crippen LogP contribution in [-0.4, -0.2) is 31.8 Å². The van der Waals surface area contributed by atoms with Gasteiger partial charge in [-0.1, -0.05) is 24.3 Å². The number of ether oxygens (including phenoxy) is 2. The summed E-state index contributed by atoms with van der Waals surface area (Å²) in [7, 11) is 1.31. The van der Waals surface area contributed by atoms with E-state index in [9.17, 15) is 9.59 Å². The van der Waals surface area contributed by atoms with Gasteiger partial charge in [0.25, 0.3) is 5.91 Å². The minimum atomic E-state index is -0.463. The average Bonchev–Trinajstić information content (AvgIpc) is 2.66. The van der Waals surface area contributed by atoms with Gasteiger partial charge in [0.2, 0.25) is 0 Å². The van der Waals surface area contributed by atoms with Gasteiger partial charge in [-0.3, -0.25) is 4.79 Å². The first kappa shape index (κ1) is 17.7. The summed E-state index contributed by atoms with van der Waals surface area (Å²) in [5.74, 6) is -0.552. The summed E-state index contributed by atoms with van der Waals surface area (Å²) in [6, 6.07) is 15.1. The summed E-state index contributed by atoms with van der Waals surface area (Å²) < 4.78 is 9.89. The highest BCUT2D eigenvalue weighted by Crippen LogP contribution is 2.16. The quantitative estimate of drug-likeness (QED) is 0.493. The zero-order valence-electron chi connectivity index (χ0n) is 13.4. The Labute approximate surface area is 144 Å². The van der Waals surface area contributed by atoms with Crippen molar-refractivity contribution >= 4 is 18.1 Å². The summed E-state index contributed by atoms with van der Waals surface area (Å²) in [6.07, 6.45) is 1.43. The Bertz CT molecular complexity index is 823. The van der Waals surface area contributed by atoms with E-state index >= 15 is 0 Å². The molecule has 0 unspecified atom stereocenters. The van der Waals surface area contributed by atoms with Crippen molar-refractivity contribution in [2.75, 3.05) is 13.7 Å². The number of esters is 1. The number of hydrogen-bond donors (Lipinski definition) is 1. The van der Waals surface area contributed by atoms with Gasteiger partial charge in [0.1, 0.15) is 11.8 Å². The molecule has 2 aromatic rings. The predicted octanol–water partition coefficient (Wildman–Crippen LogP) is 1.87. The molecule has 0 bridgehead atoms. The lowest BCUT2D eigenvalue weighted by atomic mass is 10.1. The van der Waals surface area contributed by atoms with Crippen molar-refractivity contribution in [3.05, 3.63) is 65.2 Å². The van der Waals surface area contributed by atoms with Crippen LogP contribution < -0.4 is 10.2 Å². The molecule has 0 saturated heterocycles. The van der Waals surface area contributed by atoms with E-state index in [0.29, 0.717) is 22.4 Å². The zero-order valence-corrected chi connectivity index (χ0v) is 13.4. The molecule has 2 aromatic carbocycles. The van der Waals surface area contributed by atoms with Crippen molar-refractivity contribution in [2.45, 2.75) is 0 Å². The Morgan fingerprint density at radius 3 is 2.60 bits per heavy atom. The standard InChI is InChI=1S/C18H15N3O4/c1-24-18(23)14-8-6-13(7-9-14)11-20-21-17(22)12-25-16-5-3-2-4-15(16)10-19/h2-9,11H,12H2,1H3,(H,21,22)/b20-11+. The van der Waals surface area contributed by atoms with Crippen molar-refractivity contribution in [2.24, 2.45) is 5.10 Å². The average molecular weight is 337 g/mol. The van der Waals surface area contributed by atoms with Gasteiger partial charge in [-0.05, 0) is 29.8 Å². The maximum atomic E-state index is 11.7. The molecule has 7 nitrogen and oxygen atoms in total. The number of nitriles is 1. The molecule has 0 spiro atoms. The molecule has 7 heteroatoms. The molecule has 0 aliphatic rings. The fraction of sp³-hybridized carbons (Fsp3) is 0.111. The number of nitrogens with zero attached hydrogens (tertiary/aromatic N) is 2. The molecular weight excluding hydrogens is 322 g/mol. The van der Waals surface area contributed by atoms with Crippen molar-refractivity contribution < 1.29 is 19.1 Å². The first-order valence-electron chi connectivity index (χ1n) is 7.26. The Balaban J connectivity index is 1.84. The molecular formula is C18H15N3O4. The number of hydrogen-bond acceptors (Lipinski definition) is 6. The number of benzene rings is 2. The van der Waals surface area contributed by atoms with Crippen LogP contribution in [0.5, 0.6) is 5.75 Å². The van der Waals surface area contributed by atoms with Gasteiger partial charge in [0.05, 0.1) is 24.5 Å². The smallest absolute Gasteiger partial charge is 0.337 e. The maximum Gasteiger partial charge on any atom is 0.337 e. The minimum absolute atomic E-state index is 0.267. The van der Waals surface area contributed by atoms with Crippen LogP contribution in [0, 0.1) is 11.3 Å². The third kappa shape index (κ3) is 5.18. The van der Waals surface area contributed by atoms with Gasteiger partial charge in [0, 0.05) is 0 Å². The lowest BCUT2D eigenvalue weighted by molar-refractivity contribution is -0.123. The summed E-state index contributed by atoms with van der Waals surface area (Å²) in [4.78, 5) is 23.0. The predicted molar refractivity (Wildman–Crippen MR) is 90.2 cm³/mol. The molecule has 0 saturated carbocycles. The topological polar surface area (TPSA) is 101 Å². The molecule has 0 aliphatic heterocycles. The highest BCUT2D eigenvalue weighted by Gasteiger charge is 2.06. The van der Waals surface area contributed by atoms with Crippen molar-refractivity contribution in [1.29, 1.82) is 5.26 Å². The van der Waals surface area contributed by atoms with Crippen LogP contribution in [0.25, 0.3) is 0 Å². The molecule has 0 fully saturated rings. The summed E-state index contributed by atoms with van der Waals surface area (Å²) in [6.45, 7) is -0.267. The Morgan fingerprint density at radius 1 is 1.20 bits per heavy atom. The van der Waals surface area contributed by atoms with Crippen LogP contribution in [0.3, 0.4) is 0 Å². The number of rotatable bonds is 6. The monoisotopic (exact) mass is 337 g/mol. The van der Waals surface area contributed by atoms with Gasteiger partial charge >= 0.3 is 5.97 Å². The van der Waals surface area contributed by atoms with Gasteiger partial charge in [-0.25, -0.2) is 10.2 Å². The first-order valence-corrected chi connectivity index (χ1v) is 7.26. The normalized spacial score (nSPS) is 10.1. The van der Waals surface area contributed by atoms with Crippen molar-refractivity contribution in [3.63, 3.8) is 0 Å². The van der Waals surface area contributed by atoms with E-state index in [2.05, 4.69) is 15.3 Å². The van der Waals surface area contributed by atoms with Crippen LogP contribution in [-0.2, 0) is 9.53 Å². The summed E-state index contributed by atoms with van der Waals surface area (Å²) in [5, 5.41) is 12.7. The Morgan fingerprint density at radius 2 is 1.92 bits per heavy atom. The van der Waals surface area contributed by atoms with Crippen LogP contribution >= 0.6 is 0 Å². The van der Waals surface area contributed by atoms with E-state index < -0.39 is 11.9 Å². The van der Waals surface area contributed by atoms with E-state index in [0.717, 1.165) is 0 Å². The van der Waals surface area contributed by atoms with Gasteiger partial charge in [-0.2, -0.15) is 10.4 Å². The molecule has 1 amide bonds. The number of hydrazone groups is 1. The van der Waals surface area contributed by atoms with Crippen LogP contribution in [0.1, 0.15) is 21.5 Å². The number of nitrogens with one attached hydrogen (secondary N) is 1. The minimum Gasteiger partial charge on any atom is -0.482 e. The van der Waals surface area contributed by atoms with E-state index in [4.69, 9.17) is 10.00 Å². The van der Waals surface area contributed by atoms with Crippen LogP contribution in [0.4, 0.5) is 0 Å². The second-order valence-corrected chi connectivity index (χ2v) is 4.80. The maximum absolute atomic E-state index is 11.7. The van der Waals surface area contributed by atoms with Gasteiger partial charge in [-0.15, -0.1) is 0 Å². The SMILES string of the molecule is COC(=O)c1ccc(/C=N/NC(=O)COc2ccccc2C#N)cc1. The number of carbonyl (C=O) groups excluding carboxylic acids is 2. The van der Waals surface area contributed by atoms with Crippen molar-refractivity contribution in [3.8, 4) is 11.8 Å². The molecule has 0 heterocycles. The Kier molecular flexibility index (Phi) is 6.25. The van der Waals surface area contributed by atoms with E-state index in [1.165, 1.54) is 13.3 Å². The zero-order chi connectivity index (χ0) is 18.1. The lowest BCUT2D eigenvalue weighted by Gasteiger charge is -2.06. The second-order valence-electron chi connectivity index (χ2n) is 4.80. The highest BCUT2D eigenvalue weighted by molar-refractivity contribution is 5.90. The van der Waals surface area contributed by atoms with E-state index in [1.807, 2.05) is 6.07 Å². The number of methoxy groups -OCH3 is 1. The third-order valence-electron chi connectivity index (χ3n) is 3.10. The third-order valence-corrected chi connectivity index (χ3v) is 3.10. The molecule has 0 aromatic heterocycles. The molecule has 0 radical (unpaired) electrons. The van der Waals surface area contributed by atoms with Crippen LogP contribution in [0.15, 0.2) is 53.6 Å². The molecule has 0 atom stereocenters. The fourth-order valence-electron chi connectivity index (χ4n) is 1.86. The number of carbonyl (C=O) groups is 2. The highest BCUT2D eigenvalue weighted by atomic mass is 16.5. The molecule has 0 aliphatic carbocycles.